The smallest absolute Gasteiger partial charge is 0.159 e. The summed E-state index contributed by atoms with van der Waals surface area (Å²) < 4.78 is 5.59. The third kappa shape index (κ3) is 3.21. The van der Waals surface area contributed by atoms with Gasteiger partial charge in [0.1, 0.15) is 11.5 Å². The topological polar surface area (TPSA) is 26.3 Å². The molecule has 1 aliphatic carbocycles. The molecule has 17 heavy (non-hydrogen) atoms. The van der Waals surface area contributed by atoms with Gasteiger partial charge in [-0.1, -0.05) is 30.3 Å². The second kappa shape index (κ2) is 5.19. The summed E-state index contributed by atoms with van der Waals surface area (Å²) in [6, 6.07) is 7.29. The fourth-order valence-corrected chi connectivity index (χ4v) is 1.91. The molecule has 0 spiro atoms. The number of ether oxygens (including phenoxy) is 1. The lowest BCUT2D eigenvalue weighted by molar-refractivity contribution is -0.115. The molecular weight excluding hydrogens is 236 g/mol. The lowest BCUT2D eigenvalue weighted by Crippen LogP contribution is -2.04. The van der Waals surface area contributed by atoms with E-state index in [0.717, 1.165) is 18.4 Å². The van der Waals surface area contributed by atoms with Crippen molar-refractivity contribution < 1.29 is 9.53 Å². The van der Waals surface area contributed by atoms with Gasteiger partial charge in [0.25, 0.3) is 0 Å². The molecule has 2 nitrogen and oxygen atoms in total. The van der Waals surface area contributed by atoms with Gasteiger partial charge < -0.3 is 4.74 Å². The van der Waals surface area contributed by atoms with Crippen LogP contribution in [0.5, 0.6) is 0 Å². The van der Waals surface area contributed by atoms with Crippen molar-refractivity contribution in [3.63, 3.8) is 0 Å². The molecule has 0 aliphatic heterocycles. The summed E-state index contributed by atoms with van der Waals surface area (Å²) in [6.45, 7) is 3.85. The third-order valence-corrected chi connectivity index (χ3v) is 2.80. The maximum absolute atomic E-state index is 11.2. The zero-order chi connectivity index (χ0) is 12.3. The summed E-state index contributed by atoms with van der Waals surface area (Å²) in [6.07, 6.45) is 3.79. The summed E-state index contributed by atoms with van der Waals surface area (Å²) in [4.78, 5) is 11.2. The van der Waals surface area contributed by atoms with Crippen LogP contribution in [0.3, 0.4) is 0 Å². The summed E-state index contributed by atoms with van der Waals surface area (Å²) in [7, 11) is 0. The Bertz CT molecular complexity index is 489. The fourth-order valence-electron chi connectivity index (χ4n) is 1.72. The molecule has 1 aromatic carbocycles. The molecule has 88 valence electrons. The fraction of sp³-hybridized carbons (Fsp3) is 0.214. The second-order valence-electron chi connectivity index (χ2n) is 3.97. The van der Waals surface area contributed by atoms with Crippen LogP contribution in [0.1, 0.15) is 24.8 Å². The number of rotatable bonds is 3. The number of halogens is 1. The number of hydrogen-bond acceptors (Lipinski definition) is 2. The lowest BCUT2D eigenvalue weighted by atomic mass is 10.1. The number of allylic oxidation sites excluding steroid dienone is 2. The van der Waals surface area contributed by atoms with Gasteiger partial charge in [0.05, 0.1) is 0 Å². The van der Waals surface area contributed by atoms with Gasteiger partial charge >= 0.3 is 0 Å². The van der Waals surface area contributed by atoms with Crippen LogP contribution in [-0.2, 0) is 9.53 Å². The molecule has 1 aromatic rings. The zero-order valence-electron chi connectivity index (χ0n) is 9.41. The van der Waals surface area contributed by atoms with E-state index in [0.29, 0.717) is 23.0 Å². The van der Waals surface area contributed by atoms with Crippen LogP contribution in [-0.4, -0.2) is 5.78 Å². The number of hydrogen-bond donors (Lipinski definition) is 0. The predicted octanol–water partition coefficient (Wildman–Crippen LogP) is 3.96. The van der Waals surface area contributed by atoms with E-state index in [1.165, 1.54) is 0 Å². The molecular formula is C14H13ClO2. The molecule has 0 fully saturated rings. The Hall–Kier alpha value is -1.54. The second-order valence-corrected chi connectivity index (χ2v) is 4.40. The molecule has 0 aromatic heterocycles. The van der Waals surface area contributed by atoms with Gasteiger partial charge in [-0.25, -0.2) is 0 Å². The van der Waals surface area contributed by atoms with Crippen LogP contribution in [0.2, 0.25) is 5.02 Å². The zero-order valence-corrected chi connectivity index (χ0v) is 10.2. The first-order chi connectivity index (χ1) is 8.15. The van der Waals surface area contributed by atoms with Gasteiger partial charge in [-0.2, -0.15) is 0 Å². The minimum atomic E-state index is 0.116. The van der Waals surface area contributed by atoms with E-state index in [2.05, 4.69) is 6.58 Å². The van der Waals surface area contributed by atoms with Gasteiger partial charge in [0, 0.05) is 29.5 Å². The Morgan fingerprint density at radius 3 is 2.88 bits per heavy atom. The van der Waals surface area contributed by atoms with Gasteiger partial charge in [-0.05, 0) is 18.6 Å². The molecule has 0 unspecified atom stereocenters. The van der Waals surface area contributed by atoms with E-state index in [4.69, 9.17) is 16.3 Å². The van der Waals surface area contributed by atoms with E-state index in [1.54, 1.807) is 18.2 Å². The molecule has 0 saturated carbocycles. The maximum atomic E-state index is 11.2. The molecule has 1 aliphatic rings. The number of ketones is 1. The Morgan fingerprint density at radius 1 is 1.35 bits per heavy atom. The van der Waals surface area contributed by atoms with Crippen LogP contribution < -0.4 is 0 Å². The Morgan fingerprint density at radius 2 is 2.18 bits per heavy atom. The first-order valence-corrected chi connectivity index (χ1v) is 5.89. The SMILES string of the molecule is C=C(OC1=CC(=O)CCC1)c1cccc(Cl)c1. The minimum absolute atomic E-state index is 0.116. The van der Waals surface area contributed by atoms with E-state index < -0.39 is 0 Å². The number of carbonyl (C=O) groups excluding carboxylic acids is 1. The number of benzene rings is 1. The molecule has 0 radical (unpaired) electrons. The van der Waals surface area contributed by atoms with Crippen molar-refractivity contribution in [1.29, 1.82) is 0 Å². The van der Waals surface area contributed by atoms with E-state index >= 15 is 0 Å². The third-order valence-electron chi connectivity index (χ3n) is 2.57. The molecule has 0 amide bonds. The maximum Gasteiger partial charge on any atom is 0.159 e. The van der Waals surface area contributed by atoms with Gasteiger partial charge in [-0.3, -0.25) is 4.79 Å². The molecule has 0 saturated heterocycles. The minimum Gasteiger partial charge on any atom is -0.462 e. The monoisotopic (exact) mass is 248 g/mol. The largest absolute Gasteiger partial charge is 0.462 e. The highest BCUT2D eigenvalue weighted by molar-refractivity contribution is 6.30. The quantitative estimate of drug-likeness (QED) is 0.757. The summed E-state index contributed by atoms with van der Waals surface area (Å²) in [5, 5.41) is 0.640. The molecule has 0 heterocycles. The molecule has 2 rings (SSSR count). The van der Waals surface area contributed by atoms with Gasteiger partial charge in [0.2, 0.25) is 0 Å². The average Bonchev–Trinajstić information content (AvgIpc) is 2.29. The van der Waals surface area contributed by atoms with Crippen molar-refractivity contribution in [2.75, 3.05) is 0 Å². The summed E-state index contributed by atoms with van der Waals surface area (Å²) in [5.74, 6) is 1.32. The van der Waals surface area contributed by atoms with Crippen molar-refractivity contribution >= 4 is 23.1 Å². The van der Waals surface area contributed by atoms with Crippen molar-refractivity contribution in [3.05, 3.63) is 53.3 Å². The van der Waals surface area contributed by atoms with Crippen molar-refractivity contribution in [1.82, 2.24) is 0 Å². The summed E-state index contributed by atoms with van der Waals surface area (Å²) >= 11 is 5.89. The Balaban J connectivity index is 2.09. The molecule has 0 atom stereocenters. The van der Waals surface area contributed by atoms with Crippen LogP contribution in [0, 0.1) is 0 Å². The van der Waals surface area contributed by atoms with Crippen molar-refractivity contribution in [2.45, 2.75) is 19.3 Å². The van der Waals surface area contributed by atoms with Crippen LogP contribution in [0.25, 0.3) is 5.76 Å². The first kappa shape index (κ1) is 11.9. The van der Waals surface area contributed by atoms with Crippen LogP contribution in [0.15, 0.2) is 42.7 Å². The highest BCUT2D eigenvalue weighted by atomic mass is 35.5. The van der Waals surface area contributed by atoms with E-state index in [-0.39, 0.29) is 5.78 Å². The van der Waals surface area contributed by atoms with E-state index in [9.17, 15) is 4.79 Å². The van der Waals surface area contributed by atoms with Crippen LogP contribution >= 0.6 is 11.6 Å². The highest BCUT2D eigenvalue weighted by Crippen LogP contribution is 2.24. The molecule has 3 heteroatoms. The molecule has 0 N–H and O–H groups in total. The molecule has 0 bridgehead atoms. The van der Waals surface area contributed by atoms with Crippen molar-refractivity contribution in [2.24, 2.45) is 0 Å². The van der Waals surface area contributed by atoms with Gasteiger partial charge in [-0.15, -0.1) is 0 Å². The average molecular weight is 249 g/mol. The standard InChI is InChI=1S/C14H13ClO2/c1-10(11-4-2-5-12(15)8-11)17-14-7-3-6-13(16)9-14/h2,4-5,8-9H,1,3,6-7H2. The number of carbonyl (C=O) groups is 1. The Kier molecular flexibility index (Phi) is 3.64. The van der Waals surface area contributed by atoms with E-state index in [1.807, 2.05) is 12.1 Å². The Labute approximate surface area is 106 Å². The normalized spacial score (nSPS) is 15.4. The van der Waals surface area contributed by atoms with Gasteiger partial charge in [0.15, 0.2) is 5.78 Å². The van der Waals surface area contributed by atoms with Crippen molar-refractivity contribution in [3.8, 4) is 0 Å². The van der Waals surface area contributed by atoms with Crippen LogP contribution in [0.4, 0.5) is 0 Å². The first-order valence-electron chi connectivity index (χ1n) is 5.51. The highest BCUT2D eigenvalue weighted by Gasteiger charge is 2.12. The lowest BCUT2D eigenvalue weighted by Gasteiger charge is -2.15. The summed E-state index contributed by atoms with van der Waals surface area (Å²) in [5.41, 5.74) is 0.830. The predicted molar refractivity (Wildman–Crippen MR) is 68.5 cm³/mol.